The Balaban J connectivity index is 1.80. The largest absolute Gasteiger partial charge is 0.381 e. The normalized spacial score (nSPS) is 17.1. The van der Waals surface area contributed by atoms with Crippen molar-refractivity contribution in [2.75, 3.05) is 13.2 Å². The summed E-state index contributed by atoms with van der Waals surface area (Å²) < 4.78 is 7.41. The standard InChI is InChI=1S/C16H23N5O2/c1-3-12-10-13(20-19-12)16(22)18-14(11-4-8-23-9-5-11)15-17-6-7-21(15)2/h6-7,10-11,14H,3-5,8-9H2,1-2H3,(H,18,22)(H,19,20). The zero-order valence-corrected chi connectivity index (χ0v) is 13.6. The Labute approximate surface area is 135 Å². The lowest BCUT2D eigenvalue weighted by molar-refractivity contribution is 0.0498. The maximum absolute atomic E-state index is 12.6. The fourth-order valence-corrected chi connectivity index (χ4v) is 2.99. The van der Waals surface area contributed by atoms with E-state index in [0.717, 1.165) is 44.0 Å². The van der Waals surface area contributed by atoms with Gasteiger partial charge in [-0.15, -0.1) is 0 Å². The Kier molecular flexibility index (Phi) is 4.76. The number of aromatic amines is 1. The van der Waals surface area contributed by atoms with Gasteiger partial charge in [-0.25, -0.2) is 4.98 Å². The first-order valence-electron chi connectivity index (χ1n) is 8.09. The van der Waals surface area contributed by atoms with Crippen molar-refractivity contribution < 1.29 is 9.53 Å². The molecule has 1 saturated heterocycles. The topological polar surface area (TPSA) is 84.8 Å². The SMILES string of the molecule is CCc1cc(C(=O)NC(c2nccn2C)C2CCOCC2)n[nH]1. The third-order valence-corrected chi connectivity index (χ3v) is 4.41. The third kappa shape index (κ3) is 3.44. The molecule has 1 amide bonds. The molecule has 1 aliphatic heterocycles. The van der Waals surface area contributed by atoms with Crippen LogP contribution in [0.2, 0.25) is 0 Å². The summed E-state index contributed by atoms with van der Waals surface area (Å²) in [5.74, 6) is 1.02. The van der Waals surface area contributed by atoms with Gasteiger partial charge in [0.25, 0.3) is 5.91 Å². The van der Waals surface area contributed by atoms with Gasteiger partial charge in [-0.05, 0) is 31.2 Å². The smallest absolute Gasteiger partial charge is 0.272 e. The Morgan fingerprint density at radius 1 is 1.52 bits per heavy atom. The zero-order valence-electron chi connectivity index (χ0n) is 13.6. The van der Waals surface area contributed by atoms with Crippen LogP contribution in [0.4, 0.5) is 0 Å². The third-order valence-electron chi connectivity index (χ3n) is 4.41. The monoisotopic (exact) mass is 317 g/mol. The molecule has 0 saturated carbocycles. The summed E-state index contributed by atoms with van der Waals surface area (Å²) in [7, 11) is 1.95. The number of carbonyl (C=O) groups excluding carboxylic acids is 1. The van der Waals surface area contributed by atoms with Gasteiger partial charge in [0, 0.05) is 38.3 Å². The summed E-state index contributed by atoms with van der Waals surface area (Å²) >= 11 is 0. The van der Waals surface area contributed by atoms with Crippen LogP contribution in [0.15, 0.2) is 18.5 Å². The molecule has 2 aromatic heterocycles. The molecule has 2 N–H and O–H groups in total. The van der Waals surface area contributed by atoms with Crippen LogP contribution < -0.4 is 5.32 Å². The molecule has 0 aromatic carbocycles. The molecule has 0 radical (unpaired) electrons. The number of imidazole rings is 1. The average Bonchev–Trinajstić information content (AvgIpc) is 3.22. The van der Waals surface area contributed by atoms with Crippen molar-refractivity contribution >= 4 is 5.91 Å². The fourth-order valence-electron chi connectivity index (χ4n) is 2.99. The number of ether oxygens (including phenoxy) is 1. The lowest BCUT2D eigenvalue weighted by atomic mass is 9.91. The van der Waals surface area contributed by atoms with Gasteiger partial charge in [-0.2, -0.15) is 5.10 Å². The maximum atomic E-state index is 12.6. The van der Waals surface area contributed by atoms with Gasteiger partial charge in [0.1, 0.15) is 11.5 Å². The van der Waals surface area contributed by atoms with Gasteiger partial charge in [-0.3, -0.25) is 9.89 Å². The summed E-state index contributed by atoms with van der Waals surface area (Å²) in [6, 6.07) is 1.67. The molecule has 7 nitrogen and oxygen atoms in total. The predicted molar refractivity (Wildman–Crippen MR) is 84.9 cm³/mol. The molecule has 1 atom stereocenters. The number of hydrogen-bond donors (Lipinski definition) is 2. The number of aryl methyl sites for hydroxylation is 2. The molecule has 0 bridgehead atoms. The summed E-state index contributed by atoms with van der Waals surface area (Å²) in [6.45, 7) is 3.47. The van der Waals surface area contributed by atoms with Crippen molar-refractivity contribution in [3.8, 4) is 0 Å². The lowest BCUT2D eigenvalue weighted by Gasteiger charge is -2.30. The second-order valence-electron chi connectivity index (χ2n) is 5.93. The fraction of sp³-hybridized carbons (Fsp3) is 0.562. The molecule has 124 valence electrons. The number of nitrogens with one attached hydrogen (secondary N) is 2. The van der Waals surface area contributed by atoms with E-state index in [0.29, 0.717) is 11.6 Å². The van der Waals surface area contributed by atoms with Crippen molar-refractivity contribution in [3.63, 3.8) is 0 Å². The van der Waals surface area contributed by atoms with Crippen LogP contribution in [0.1, 0.15) is 47.8 Å². The van der Waals surface area contributed by atoms with E-state index in [1.165, 1.54) is 0 Å². The van der Waals surface area contributed by atoms with Gasteiger partial charge >= 0.3 is 0 Å². The number of carbonyl (C=O) groups is 1. The number of hydrogen-bond acceptors (Lipinski definition) is 4. The van der Waals surface area contributed by atoms with Crippen molar-refractivity contribution in [2.45, 2.75) is 32.2 Å². The molecular weight excluding hydrogens is 294 g/mol. The molecule has 1 fully saturated rings. The van der Waals surface area contributed by atoms with E-state index in [9.17, 15) is 4.79 Å². The van der Waals surface area contributed by atoms with E-state index in [-0.39, 0.29) is 11.9 Å². The quantitative estimate of drug-likeness (QED) is 0.877. The van der Waals surface area contributed by atoms with Crippen molar-refractivity contribution in [1.82, 2.24) is 25.1 Å². The molecule has 3 rings (SSSR count). The summed E-state index contributed by atoms with van der Waals surface area (Å²) in [5, 5.41) is 10.1. The van der Waals surface area contributed by atoms with Crippen molar-refractivity contribution in [2.24, 2.45) is 13.0 Å². The zero-order chi connectivity index (χ0) is 16.2. The minimum atomic E-state index is -0.166. The van der Waals surface area contributed by atoms with E-state index < -0.39 is 0 Å². The van der Waals surface area contributed by atoms with Gasteiger partial charge in [-0.1, -0.05) is 6.92 Å². The molecule has 7 heteroatoms. The molecule has 0 aliphatic carbocycles. The maximum Gasteiger partial charge on any atom is 0.272 e. The van der Waals surface area contributed by atoms with Crippen LogP contribution >= 0.6 is 0 Å². The molecule has 1 aliphatic rings. The predicted octanol–water partition coefficient (Wildman–Crippen LogP) is 1.60. The van der Waals surface area contributed by atoms with Crippen molar-refractivity contribution in [3.05, 3.63) is 35.7 Å². The number of amides is 1. The molecule has 2 aromatic rings. The van der Waals surface area contributed by atoms with Crippen LogP contribution in [-0.4, -0.2) is 38.9 Å². The first-order chi connectivity index (χ1) is 11.2. The second-order valence-corrected chi connectivity index (χ2v) is 5.93. The van der Waals surface area contributed by atoms with Crippen LogP contribution in [0.3, 0.4) is 0 Å². The van der Waals surface area contributed by atoms with Crippen molar-refractivity contribution in [1.29, 1.82) is 0 Å². The van der Waals surface area contributed by atoms with Crippen LogP contribution in [0.5, 0.6) is 0 Å². The number of H-pyrrole nitrogens is 1. The van der Waals surface area contributed by atoms with Gasteiger partial charge in [0.2, 0.25) is 0 Å². The first kappa shape index (κ1) is 15.7. The first-order valence-corrected chi connectivity index (χ1v) is 8.09. The lowest BCUT2D eigenvalue weighted by Crippen LogP contribution is -2.37. The number of rotatable bonds is 5. The average molecular weight is 317 g/mol. The summed E-state index contributed by atoms with van der Waals surface area (Å²) in [6.07, 6.45) is 6.31. The van der Waals surface area contributed by atoms with E-state index in [1.54, 1.807) is 12.3 Å². The van der Waals surface area contributed by atoms with E-state index in [4.69, 9.17) is 4.74 Å². The minimum absolute atomic E-state index is 0.131. The van der Waals surface area contributed by atoms with Crippen LogP contribution in [-0.2, 0) is 18.2 Å². The van der Waals surface area contributed by atoms with E-state index >= 15 is 0 Å². The highest BCUT2D eigenvalue weighted by Gasteiger charge is 2.30. The van der Waals surface area contributed by atoms with E-state index in [2.05, 4.69) is 20.5 Å². The minimum Gasteiger partial charge on any atom is -0.381 e. The Hall–Kier alpha value is -2.15. The Morgan fingerprint density at radius 2 is 2.30 bits per heavy atom. The Morgan fingerprint density at radius 3 is 2.91 bits per heavy atom. The Bertz CT molecular complexity index is 657. The number of aromatic nitrogens is 4. The van der Waals surface area contributed by atoms with E-state index in [1.807, 2.05) is 24.7 Å². The highest BCUT2D eigenvalue weighted by molar-refractivity contribution is 5.92. The van der Waals surface area contributed by atoms with Gasteiger partial charge in [0.15, 0.2) is 0 Å². The highest BCUT2D eigenvalue weighted by atomic mass is 16.5. The van der Waals surface area contributed by atoms with Gasteiger partial charge < -0.3 is 14.6 Å². The summed E-state index contributed by atoms with van der Waals surface area (Å²) in [5.41, 5.74) is 1.38. The second kappa shape index (κ2) is 6.95. The molecular formula is C16H23N5O2. The van der Waals surface area contributed by atoms with Crippen LogP contribution in [0.25, 0.3) is 0 Å². The molecule has 3 heterocycles. The summed E-state index contributed by atoms with van der Waals surface area (Å²) in [4.78, 5) is 17.0. The molecule has 23 heavy (non-hydrogen) atoms. The molecule has 0 spiro atoms. The molecule has 1 unspecified atom stereocenters. The highest BCUT2D eigenvalue weighted by Crippen LogP contribution is 2.29. The number of nitrogens with zero attached hydrogens (tertiary/aromatic N) is 3. The van der Waals surface area contributed by atoms with Crippen LogP contribution in [0, 0.1) is 5.92 Å². The van der Waals surface area contributed by atoms with Gasteiger partial charge in [0.05, 0.1) is 6.04 Å².